The molecule has 0 fully saturated rings. The molecule has 0 unspecified atom stereocenters. The lowest BCUT2D eigenvalue weighted by molar-refractivity contribution is 0.0949. The average molecular weight is 432 g/mol. The molecule has 0 spiro atoms. The molecule has 1 atom stereocenters. The number of rotatable bonds is 3. The molecule has 1 aliphatic rings. The van der Waals surface area contributed by atoms with Crippen molar-refractivity contribution in [1.82, 2.24) is 0 Å². The van der Waals surface area contributed by atoms with Crippen molar-refractivity contribution in [3.8, 4) is 11.1 Å². The zero-order chi connectivity index (χ0) is 23.1. The Morgan fingerprint density at radius 1 is 0.667 bits per heavy atom. The topological polar surface area (TPSA) is 20.3 Å². The van der Waals surface area contributed by atoms with Crippen molar-refractivity contribution in [3.63, 3.8) is 0 Å². The van der Waals surface area contributed by atoms with E-state index < -0.39 is 0 Å². The second kappa shape index (κ2) is 8.04. The molecule has 164 valence electrons. The summed E-state index contributed by atoms with van der Waals surface area (Å²) in [6.07, 6.45) is 0.842. The van der Waals surface area contributed by atoms with Crippen LogP contribution in [0.15, 0.2) is 109 Å². The standard InChI is InChI=1S/C31H29NO/c1-30(2)22-31(3,26-14-8-5-9-15-26)27-16-10-11-17-28(27)32(30)29(33)25-20-18-24(19-21-25)23-12-6-4-7-13-23/h4-21H,22H2,1-3H3/t31-/m0/s1. The van der Waals surface area contributed by atoms with Gasteiger partial charge in [0.25, 0.3) is 5.91 Å². The van der Waals surface area contributed by atoms with E-state index in [0.29, 0.717) is 5.56 Å². The van der Waals surface area contributed by atoms with Gasteiger partial charge in [0.1, 0.15) is 0 Å². The zero-order valence-corrected chi connectivity index (χ0v) is 19.5. The molecule has 33 heavy (non-hydrogen) atoms. The summed E-state index contributed by atoms with van der Waals surface area (Å²) in [7, 11) is 0. The van der Waals surface area contributed by atoms with E-state index in [1.807, 2.05) is 53.4 Å². The lowest BCUT2D eigenvalue weighted by atomic mass is 9.65. The van der Waals surface area contributed by atoms with Crippen LogP contribution in [-0.2, 0) is 5.41 Å². The largest absolute Gasteiger partial charge is 0.302 e. The fourth-order valence-electron chi connectivity index (χ4n) is 5.51. The predicted molar refractivity (Wildman–Crippen MR) is 137 cm³/mol. The molecular weight excluding hydrogens is 402 g/mol. The highest BCUT2D eigenvalue weighted by Gasteiger charge is 2.47. The van der Waals surface area contributed by atoms with E-state index in [-0.39, 0.29) is 16.9 Å². The highest BCUT2D eigenvalue weighted by atomic mass is 16.2. The molecule has 0 N–H and O–H groups in total. The normalized spacial score (nSPS) is 19.1. The molecular formula is C31H29NO. The fourth-order valence-corrected chi connectivity index (χ4v) is 5.51. The average Bonchev–Trinajstić information content (AvgIpc) is 2.84. The van der Waals surface area contributed by atoms with E-state index in [0.717, 1.165) is 23.2 Å². The van der Waals surface area contributed by atoms with Crippen LogP contribution in [0.3, 0.4) is 0 Å². The molecule has 0 aliphatic carbocycles. The molecule has 1 heterocycles. The van der Waals surface area contributed by atoms with Gasteiger partial charge in [-0.15, -0.1) is 0 Å². The van der Waals surface area contributed by atoms with Gasteiger partial charge in [-0.2, -0.15) is 0 Å². The predicted octanol–water partition coefficient (Wildman–Crippen LogP) is 7.49. The molecule has 4 aromatic rings. The number of hydrogen-bond donors (Lipinski definition) is 0. The van der Waals surface area contributed by atoms with Gasteiger partial charge in [-0.25, -0.2) is 0 Å². The summed E-state index contributed by atoms with van der Waals surface area (Å²) in [6, 6.07) is 37.3. The SMILES string of the molecule is CC1(C)C[C@@](C)(c2ccccc2)c2ccccc2N1C(=O)c1ccc(-c2ccccc2)cc1. The van der Waals surface area contributed by atoms with Gasteiger partial charge in [-0.3, -0.25) is 4.79 Å². The zero-order valence-electron chi connectivity index (χ0n) is 19.5. The molecule has 5 rings (SSSR count). The number of nitrogens with zero attached hydrogens (tertiary/aromatic N) is 1. The van der Waals surface area contributed by atoms with Crippen molar-refractivity contribution in [2.45, 2.75) is 38.1 Å². The molecule has 0 saturated carbocycles. The van der Waals surface area contributed by atoms with E-state index in [9.17, 15) is 4.79 Å². The molecule has 0 bridgehead atoms. The molecule has 0 radical (unpaired) electrons. The smallest absolute Gasteiger partial charge is 0.258 e. The van der Waals surface area contributed by atoms with Crippen LogP contribution in [0.2, 0.25) is 0 Å². The van der Waals surface area contributed by atoms with Gasteiger partial charge < -0.3 is 4.90 Å². The van der Waals surface area contributed by atoms with Crippen LogP contribution in [-0.4, -0.2) is 11.4 Å². The quantitative estimate of drug-likeness (QED) is 0.329. The van der Waals surface area contributed by atoms with Crippen LogP contribution in [0, 0.1) is 0 Å². The van der Waals surface area contributed by atoms with Crippen molar-refractivity contribution >= 4 is 11.6 Å². The lowest BCUT2D eigenvalue weighted by Gasteiger charge is -2.51. The maximum atomic E-state index is 13.9. The molecule has 2 nitrogen and oxygen atoms in total. The number of amides is 1. The number of carbonyl (C=O) groups is 1. The first-order chi connectivity index (χ1) is 15.9. The monoisotopic (exact) mass is 431 g/mol. The first kappa shape index (κ1) is 21.2. The van der Waals surface area contributed by atoms with Crippen molar-refractivity contribution in [2.24, 2.45) is 0 Å². The third-order valence-corrected chi connectivity index (χ3v) is 6.98. The van der Waals surface area contributed by atoms with E-state index in [1.165, 1.54) is 11.1 Å². The second-order valence-electron chi connectivity index (χ2n) is 9.79. The summed E-state index contributed by atoms with van der Waals surface area (Å²) in [6.45, 7) is 6.67. The third-order valence-electron chi connectivity index (χ3n) is 6.98. The number of fused-ring (bicyclic) bond motifs is 1. The van der Waals surface area contributed by atoms with E-state index in [2.05, 4.69) is 81.4 Å². The van der Waals surface area contributed by atoms with Crippen molar-refractivity contribution < 1.29 is 4.79 Å². The number of carbonyl (C=O) groups excluding carboxylic acids is 1. The Labute approximate surface area is 196 Å². The highest BCUT2D eigenvalue weighted by Crippen LogP contribution is 2.50. The van der Waals surface area contributed by atoms with Gasteiger partial charge in [0.05, 0.1) is 0 Å². The Bertz CT molecular complexity index is 1280. The van der Waals surface area contributed by atoms with Crippen molar-refractivity contribution in [2.75, 3.05) is 4.90 Å². The van der Waals surface area contributed by atoms with Crippen LogP contribution in [0.4, 0.5) is 5.69 Å². The number of para-hydroxylation sites is 1. The first-order valence-electron chi connectivity index (χ1n) is 11.6. The van der Waals surface area contributed by atoms with E-state index in [1.54, 1.807) is 0 Å². The minimum atomic E-state index is -0.353. The van der Waals surface area contributed by atoms with Crippen molar-refractivity contribution in [1.29, 1.82) is 0 Å². The van der Waals surface area contributed by atoms with Crippen LogP contribution in [0.1, 0.15) is 48.7 Å². The van der Waals surface area contributed by atoms with Crippen LogP contribution in [0.25, 0.3) is 11.1 Å². The molecule has 2 heteroatoms. The molecule has 1 aliphatic heterocycles. The summed E-state index contributed by atoms with van der Waals surface area (Å²) < 4.78 is 0. The highest BCUT2D eigenvalue weighted by molar-refractivity contribution is 6.08. The molecule has 4 aromatic carbocycles. The van der Waals surface area contributed by atoms with Gasteiger partial charge in [0.2, 0.25) is 0 Å². The Balaban J connectivity index is 1.56. The number of hydrogen-bond acceptors (Lipinski definition) is 1. The second-order valence-corrected chi connectivity index (χ2v) is 9.79. The van der Waals surface area contributed by atoms with Crippen molar-refractivity contribution in [3.05, 3.63) is 126 Å². The number of anilines is 1. The minimum Gasteiger partial charge on any atom is -0.302 e. The number of benzene rings is 4. The maximum Gasteiger partial charge on any atom is 0.258 e. The van der Waals surface area contributed by atoms with Gasteiger partial charge in [-0.1, -0.05) is 97.9 Å². The van der Waals surface area contributed by atoms with Gasteiger partial charge in [0.15, 0.2) is 0 Å². The summed E-state index contributed by atoms with van der Waals surface area (Å²) in [4.78, 5) is 15.9. The molecule has 0 saturated heterocycles. The summed E-state index contributed by atoms with van der Waals surface area (Å²) in [5, 5.41) is 0. The lowest BCUT2D eigenvalue weighted by Crippen LogP contribution is -2.55. The Morgan fingerprint density at radius 3 is 1.88 bits per heavy atom. The summed E-state index contributed by atoms with van der Waals surface area (Å²) in [5.74, 6) is 0.0437. The third kappa shape index (κ3) is 3.66. The van der Waals surface area contributed by atoms with Crippen LogP contribution >= 0.6 is 0 Å². The minimum absolute atomic E-state index is 0.0437. The van der Waals surface area contributed by atoms with E-state index >= 15 is 0 Å². The summed E-state index contributed by atoms with van der Waals surface area (Å²) in [5.41, 5.74) is 5.93. The first-order valence-corrected chi connectivity index (χ1v) is 11.6. The van der Waals surface area contributed by atoms with Crippen LogP contribution in [0.5, 0.6) is 0 Å². The van der Waals surface area contributed by atoms with Gasteiger partial charge in [0, 0.05) is 22.2 Å². The summed E-state index contributed by atoms with van der Waals surface area (Å²) >= 11 is 0. The Kier molecular flexibility index (Phi) is 5.17. The molecule has 0 aromatic heterocycles. The maximum absolute atomic E-state index is 13.9. The van der Waals surface area contributed by atoms with E-state index in [4.69, 9.17) is 0 Å². The van der Waals surface area contributed by atoms with Crippen LogP contribution < -0.4 is 4.90 Å². The Hall–Kier alpha value is -3.65. The molecule has 1 amide bonds. The fraction of sp³-hybridized carbons (Fsp3) is 0.194. The van der Waals surface area contributed by atoms with Gasteiger partial charge in [-0.05, 0) is 60.7 Å². The Morgan fingerprint density at radius 2 is 1.21 bits per heavy atom. The van der Waals surface area contributed by atoms with Gasteiger partial charge >= 0.3 is 0 Å².